The number of hydrogen-bond donors (Lipinski definition) is 0. The van der Waals surface area contributed by atoms with Crippen molar-refractivity contribution in [2.45, 2.75) is 20.0 Å². The molecule has 0 unspecified atom stereocenters. The van der Waals surface area contributed by atoms with E-state index in [9.17, 15) is 4.79 Å². The second-order valence-corrected chi connectivity index (χ2v) is 4.98. The molecule has 3 aromatic rings. The van der Waals surface area contributed by atoms with Crippen molar-refractivity contribution in [1.29, 1.82) is 0 Å². The largest absolute Gasteiger partial charge is 0.472 e. The highest BCUT2D eigenvalue weighted by atomic mass is 16.5. The van der Waals surface area contributed by atoms with Crippen LogP contribution in [0.1, 0.15) is 13.8 Å². The molecule has 2 aromatic carbocycles. The Morgan fingerprint density at radius 2 is 1.50 bits per heavy atom. The molecule has 0 N–H and O–H groups in total. The van der Waals surface area contributed by atoms with Crippen molar-refractivity contribution in [3.63, 3.8) is 0 Å². The summed E-state index contributed by atoms with van der Waals surface area (Å²) in [4.78, 5) is 17.0. The van der Waals surface area contributed by atoms with Crippen molar-refractivity contribution in [2.75, 3.05) is 0 Å². The molecule has 0 aliphatic carbocycles. The van der Waals surface area contributed by atoms with E-state index in [0.29, 0.717) is 5.39 Å². The molecule has 3 rings (SSSR count). The maximum Gasteiger partial charge on any atom is 0.264 e. The number of fused-ring (bicyclic) bond motifs is 3. The average molecular weight is 265 g/mol. The van der Waals surface area contributed by atoms with Crippen molar-refractivity contribution >= 4 is 21.7 Å². The maximum absolute atomic E-state index is 12.6. The molecule has 0 radical (unpaired) electrons. The first-order valence-electron chi connectivity index (χ1n) is 6.65. The Morgan fingerprint density at radius 3 is 2.20 bits per heavy atom. The van der Waals surface area contributed by atoms with Gasteiger partial charge in [0, 0.05) is 10.8 Å². The minimum Gasteiger partial charge on any atom is -0.472 e. The molecule has 3 nitrogen and oxygen atoms in total. The summed E-state index contributed by atoms with van der Waals surface area (Å²) in [6.45, 7) is 3.77. The first-order valence-corrected chi connectivity index (χ1v) is 6.65. The smallest absolute Gasteiger partial charge is 0.264 e. The molecule has 0 amide bonds. The quantitative estimate of drug-likeness (QED) is 0.711. The van der Waals surface area contributed by atoms with Crippen LogP contribution in [0.25, 0.3) is 21.7 Å². The van der Waals surface area contributed by atoms with Crippen LogP contribution in [0, 0.1) is 0 Å². The highest BCUT2D eigenvalue weighted by Crippen LogP contribution is 2.22. The summed E-state index contributed by atoms with van der Waals surface area (Å²) < 4.78 is 5.60. The van der Waals surface area contributed by atoms with Crippen LogP contribution in [0.4, 0.5) is 0 Å². The van der Waals surface area contributed by atoms with Crippen molar-refractivity contribution in [3.8, 4) is 5.88 Å². The number of ether oxygens (including phenoxy) is 1. The minimum absolute atomic E-state index is 0.0878. The Kier molecular flexibility index (Phi) is 3.11. The molecule has 0 aliphatic heterocycles. The van der Waals surface area contributed by atoms with Gasteiger partial charge in [-0.15, -0.1) is 0 Å². The molecule has 0 aliphatic rings. The minimum atomic E-state index is -0.162. The van der Waals surface area contributed by atoms with Crippen LogP contribution in [0.15, 0.2) is 53.3 Å². The predicted molar refractivity (Wildman–Crippen MR) is 81.3 cm³/mol. The zero-order chi connectivity index (χ0) is 14.1. The van der Waals surface area contributed by atoms with Crippen molar-refractivity contribution < 1.29 is 4.74 Å². The monoisotopic (exact) mass is 265 g/mol. The number of para-hydroxylation sites is 1. The van der Waals surface area contributed by atoms with Crippen LogP contribution in [0.5, 0.6) is 5.88 Å². The topological polar surface area (TPSA) is 39.2 Å². The fraction of sp³-hybridized carbons (Fsp3) is 0.176. The van der Waals surface area contributed by atoms with Gasteiger partial charge in [0.1, 0.15) is 0 Å². The van der Waals surface area contributed by atoms with E-state index in [4.69, 9.17) is 4.74 Å². The normalized spacial score (nSPS) is 11.2. The van der Waals surface area contributed by atoms with Crippen molar-refractivity contribution in [3.05, 3.63) is 58.8 Å². The number of aromatic nitrogens is 1. The van der Waals surface area contributed by atoms with Gasteiger partial charge in [0.05, 0.1) is 11.6 Å². The Morgan fingerprint density at radius 1 is 0.900 bits per heavy atom. The lowest BCUT2D eigenvalue weighted by Crippen LogP contribution is -2.13. The van der Waals surface area contributed by atoms with E-state index in [1.807, 2.05) is 62.4 Å². The van der Waals surface area contributed by atoms with Gasteiger partial charge in [-0.2, -0.15) is 0 Å². The number of nitrogens with zero attached hydrogens (tertiary/aromatic N) is 1. The molecule has 100 valence electrons. The molecule has 0 bridgehead atoms. The molecule has 0 fully saturated rings. The second kappa shape index (κ2) is 4.93. The first kappa shape index (κ1) is 12.6. The van der Waals surface area contributed by atoms with E-state index < -0.39 is 0 Å². The highest BCUT2D eigenvalue weighted by molar-refractivity contribution is 6.04. The van der Waals surface area contributed by atoms with Gasteiger partial charge in [0.15, 0.2) is 0 Å². The molecule has 0 saturated carbocycles. The van der Waals surface area contributed by atoms with Crippen LogP contribution in [0.2, 0.25) is 0 Å². The van der Waals surface area contributed by atoms with Gasteiger partial charge in [-0.25, -0.2) is 4.98 Å². The number of rotatable bonds is 2. The summed E-state index contributed by atoms with van der Waals surface area (Å²) in [7, 11) is 0. The third-order valence-corrected chi connectivity index (χ3v) is 3.13. The van der Waals surface area contributed by atoms with Crippen LogP contribution in [0.3, 0.4) is 0 Å². The lowest BCUT2D eigenvalue weighted by molar-refractivity contribution is 0.231. The van der Waals surface area contributed by atoms with Gasteiger partial charge in [-0.3, -0.25) is 4.79 Å². The van der Waals surface area contributed by atoms with E-state index in [1.165, 1.54) is 0 Å². The summed E-state index contributed by atoms with van der Waals surface area (Å²) in [6.07, 6.45) is -0.0878. The van der Waals surface area contributed by atoms with Crippen LogP contribution >= 0.6 is 0 Å². The predicted octanol–water partition coefficient (Wildman–Crippen LogP) is 3.54. The summed E-state index contributed by atoms with van der Waals surface area (Å²) >= 11 is 0. The van der Waals surface area contributed by atoms with Gasteiger partial charge in [-0.1, -0.05) is 42.5 Å². The van der Waals surface area contributed by atoms with Gasteiger partial charge in [0.25, 0.3) is 5.88 Å². The van der Waals surface area contributed by atoms with Crippen molar-refractivity contribution in [2.24, 2.45) is 0 Å². The summed E-state index contributed by atoms with van der Waals surface area (Å²) in [6, 6.07) is 15.3. The maximum atomic E-state index is 12.6. The molecule has 0 spiro atoms. The standard InChI is InChI=1S/C17H15NO2/c1-11(2)20-17-16(19)14-9-4-3-7-12(14)13-8-5-6-10-15(13)18-17/h3-11H,1-2H3. The zero-order valence-electron chi connectivity index (χ0n) is 11.5. The van der Waals surface area contributed by atoms with E-state index in [-0.39, 0.29) is 17.4 Å². The fourth-order valence-corrected chi connectivity index (χ4v) is 2.29. The lowest BCUT2D eigenvalue weighted by atomic mass is 10.1. The van der Waals surface area contributed by atoms with Gasteiger partial charge in [0.2, 0.25) is 5.43 Å². The van der Waals surface area contributed by atoms with Crippen LogP contribution in [-0.4, -0.2) is 11.1 Å². The second-order valence-electron chi connectivity index (χ2n) is 4.98. The lowest BCUT2D eigenvalue weighted by Gasteiger charge is -2.05. The summed E-state index contributed by atoms with van der Waals surface area (Å²) in [5, 5.41) is 2.50. The Hall–Kier alpha value is -2.42. The first-order chi connectivity index (χ1) is 9.66. The Bertz CT molecular complexity index is 841. The highest BCUT2D eigenvalue weighted by Gasteiger charge is 2.10. The molecular weight excluding hydrogens is 250 g/mol. The molecule has 20 heavy (non-hydrogen) atoms. The Labute approximate surface area is 116 Å². The van der Waals surface area contributed by atoms with E-state index in [2.05, 4.69) is 4.98 Å². The molecule has 0 atom stereocenters. The van der Waals surface area contributed by atoms with Crippen LogP contribution in [-0.2, 0) is 0 Å². The SMILES string of the molecule is CC(C)Oc1nc2ccccc2c2ccccc2c1=O. The number of hydrogen-bond acceptors (Lipinski definition) is 3. The summed E-state index contributed by atoms with van der Waals surface area (Å²) in [5.74, 6) is 0.164. The molecular formula is C17H15NO2. The van der Waals surface area contributed by atoms with Gasteiger partial charge >= 0.3 is 0 Å². The van der Waals surface area contributed by atoms with Crippen molar-refractivity contribution in [1.82, 2.24) is 4.98 Å². The molecule has 3 heteroatoms. The third kappa shape index (κ3) is 2.11. The molecule has 1 aromatic heterocycles. The van der Waals surface area contributed by atoms with E-state index in [0.717, 1.165) is 16.3 Å². The Balaban J connectivity index is 2.53. The van der Waals surface area contributed by atoms with Gasteiger partial charge < -0.3 is 4.74 Å². The van der Waals surface area contributed by atoms with E-state index in [1.54, 1.807) is 0 Å². The molecule has 0 saturated heterocycles. The average Bonchev–Trinajstić information content (AvgIpc) is 2.56. The number of benzene rings is 2. The zero-order valence-corrected chi connectivity index (χ0v) is 11.5. The van der Waals surface area contributed by atoms with Gasteiger partial charge in [-0.05, 0) is 25.3 Å². The fourth-order valence-electron chi connectivity index (χ4n) is 2.29. The molecule has 1 heterocycles. The third-order valence-electron chi connectivity index (χ3n) is 3.13. The van der Waals surface area contributed by atoms with E-state index >= 15 is 0 Å². The van der Waals surface area contributed by atoms with Crippen LogP contribution < -0.4 is 10.2 Å². The summed E-state index contributed by atoms with van der Waals surface area (Å²) in [5.41, 5.74) is 0.604.